The van der Waals surface area contributed by atoms with E-state index in [0.717, 1.165) is 0 Å². The number of aliphatic hydroxyl groups is 1. The van der Waals surface area contributed by atoms with Gasteiger partial charge in [-0.25, -0.2) is 0 Å². The third-order valence-corrected chi connectivity index (χ3v) is 3.64. The Balaban J connectivity index is 3.09. The predicted octanol–water partition coefficient (Wildman–Crippen LogP) is 1.97. The Kier molecular flexibility index (Phi) is 10.4. The van der Waals surface area contributed by atoms with Crippen LogP contribution in [-0.4, -0.2) is 32.6 Å². The maximum atomic E-state index is 8.40. The predicted molar refractivity (Wildman–Crippen MR) is 50.8 cm³/mol. The molecule has 0 aromatic heterocycles. The van der Waals surface area contributed by atoms with Crippen LogP contribution in [0.2, 0.25) is 4.47 Å². The number of hydrogen-bond acceptors (Lipinski definition) is 1. The second kappa shape index (κ2) is 10.2. The van der Waals surface area contributed by atoms with Gasteiger partial charge in [0.25, 0.3) is 0 Å². The fourth-order valence-electron chi connectivity index (χ4n) is 0.536. The third kappa shape index (κ3) is 10.2. The van der Waals surface area contributed by atoms with Crippen LogP contribution < -0.4 is 0 Å². The van der Waals surface area contributed by atoms with Gasteiger partial charge >= 0.3 is 79.2 Å². The van der Waals surface area contributed by atoms with Crippen molar-refractivity contribution < 1.29 is 5.11 Å². The van der Waals surface area contributed by atoms with Gasteiger partial charge in [-0.2, -0.15) is 0 Å². The van der Waals surface area contributed by atoms with Crippen LogP contribution in [0.25, 0.3) is 0 Å². The van der Waals surface area contributed by atoms with Gasteiger partial charge in [-0.1, -0.05) is 0 Å². The second-order valence-corrected chi connectivity index (χ2v) is 5.06. The quantitative estimate of drug-likeness (QED) is 0.443. The summed E-state index contributed by atoms with van der Waals surface area (Å²) in [6.07, 6.45) is 8.40. The van der Waals surface area contributed by atoms with E-state index in [9.17, 15) is 0 Å². The van der Waals surface area contributed by atoms with Crippen LogP contribution in [0, 0.1) is 0 Å². The van der Waals surface area contributed by atoms with Crippen LogP contribution in [0.5, 0.6) is 0 Å². The Labute approximate surface area is 79.3 Å². The molecule has 0 aliphatic rings. The Morgan fingerprint density at radius 3 is 2.82 bits per heavy atom. The van der Waals surface area contributed by atoms with E-state index in [1.807, 2.05) is 12.2 Å². The van der Waals surface area contributed by atoms with Gasteiger partial charge in [-0.3, -0.25) is 0 Å². The molecule has 0 aromatic carbocycles. The Morgan fingerprint density at radius 2 is 2.18 bits per heavy atom. The number of unbranched alkanes of at least 4 members (excludes halogenated alkanes) is 1. The first-order chi connectivity index (χ1) is 5.41. The standard InChI is InChI=1S/C9H16OTe/c1-2-3-8-11-9-6-4-5-7-10/h4-6,9-10H,2-3,7-8H2,1H3/b5-4-,9-6-. The van der Waals surface area contributed by atoms with E-state index < -0.39 is 0 Å². The van der Waals surface area contributed by atoms with Crippen LogP contribution in [0.15, 0.2) is 22.4 Å². The molecular weight excluding hydrogens is 252 g/mol. The zero-order valence-corrected chi connectivity index (χ0v) is 9.32. The summed E-state index contributed by atoms with van der Waals surface area (Å²) in [4.78, 5) is 0. The number of allylic oxidation sites excluding steroid dienone is 2. The van der Waals surface area contributed by atoms with E-state index in [0.29, 0.717) is 0 Å². The van der Waals surface area contributed by atoms with E-state index in [-0.39, 0.29) is 27.5 Å². The van der Waals surface area contributed by atoms with Gasteiger partial charge in [-0.05, 0) is 0 Å². The van der Waals surface area contributed by atoms with Crippen LogP contribution in [0.1, 0.15) is 19.8 Å². The van der Waals surface area contributed by atoms with Crippen LogP contribution in [0.3, 0.4) is 0 Å². The molecule has 1 N–H and O–H groups in total. The summed E-state index contributed by atoms with van der Waals surface area (Å²) in [5.41, 5.74) is 0. The molecule has 0 atom stereocenters. The monoisotopic (exact) mass is 270 g/mol. The molecule has 0 aromatic rings. The van der Waals surface area contributed by atoms with Crippen molar-refractivity contribution in [2.24, 2.45) is 0 Å². The van der Waals surface area contributed by atoms with E-state index in [1.165, 1.54) is 17.3 Å². The van der Waals surface area contributed by atoms with E-state index in [1.54, 1.807) is 6.08 Å². The SMILES string of the molecule is CCCC[Te]/C=C\C=C/CO. The molecule has 1 nitrogen and oxygen atoms in total. The van der Waals surface area contributed by atoms with Crippen LogP contribution >= 0.6 is 0 Å². The van der Waals surface area contributed by atoms with Gasteiger partial charge in [0.15, 0.2) is 0 Å². The van der Waals surface area contributed by atoms with Gasteiger partial charge in [0.05, 0.1) is 0 Å². The van der Waals surface area contributed by atoms with Crippen LogP contribution in [0.4, 0.5) is 0 Å². The van der Waals surface area contributed by atoms with Crippen molar-refractivity contribution in [3.63, 3.8) is 0 Å². The Bertz CT molecular complexity index is 119. The molecule has 0 saturated heterocycles. The zero-order valence-electron chi connectivity index (χ0n) is 6.99. The minimum atomic E-state index is 0.129. The van der Waals surface area contributed by atoms with Crippen molar-refractivity contribution in [1.82, 2.24) is 0 Å². The summed E-state index contributed by atoms with van der Waals surface area (Å²) >= 11 is 0.129. The summed E-state index contributed by atoms with van der Waals surface area (Å²) in [5.74, 6) is 0. The van der Waals surface area contributed by atoms with E-state index in [2.05, 4.69) is 11.0 Å². The molecule has 0 aliphatic carbocycles. The Morgan fingerprint density at radius 1 is 1.36 bits per heavy atom. The number of aliphatic hydroxyl groups excluding tert-OH is 1. The van der Waals surface area contributed by atoms with Gasteiger partial charge < -0.3 is 0 Å². The molecule has 0 radical (unpaired) electrons. The van der Waals surface area contributed by atoms with Gasteiger partial charge in [-0.15, -0.1) is 0 Å². The van der Waals surface area contributed by atoms with Crippen molar-refractivity contribution >= 4 is 20.9 Å². The van der Waals surface area contributed by atoms with Crippen molar-refractivity contribution in [2.45, 2.75) is 24.2 Å². The number of hydrogen-bond donors (Lipinski definition) is 1. The van der Waals surface area contributed by atoms with E-state index >= 15 is 0 Å². The van der Waals surface area contributed by atoms with Crippen molar-refractivity contribution in [2.75, 3.05) is 6.61 Å². The van der Waals surface area contributed by atoms with Crippen molar-refractivity contribution in [3.8, 4) is 0 Å². The molecule has 0 spiro atoms. The van der Waals surface area contributed by atoms with Gasteiger partial charge in [0, 0.05) is 0 Å². The normalized spacial score (nSPS) is 11.8. The molecule has 0 amide bonds. The topological polar surface area (TPSA) is 20.2 Å². The summed E-state index contributed by atoms with van der Waals surface area (Å²) in [5, 5.41) is 8.40. The summed E-state index contributed by atoms with van der Waals surface area (Å²) in [6.45, 7) is 2.38. The summed E-state index contributed by atoms with van der Waals surface area (Å²) in [6, 6.07) is 0. The fourth-order valence-corrected chi connectivity index (χ4v) is 2.80. The summed E-state index contributed by atoms with van der Waals surface area (Å²) < 4.78 is 3.68. The maximum absolute atomic E-state index is 8.40. The first-order valence-electron chi connectivity index (χ1n) is 3.96. The molecule has 0 rings (SSSR count). The fraction of sp³-hybridized carbons (Fsp3) is 0.556. The van der Waals surface area contributed by atoms with Gasteiger partial charge in [0.2, 0.25) is 0 Å². The molecule has 64 valence electrons. The van der Waals surface area contributed by atoms with Crippen LogP contribution in [-0.2, 0) is 0 Å². The molecule has 0 unspecified atom stereocenters. The molecule has 0 saturated carbocycles. The molecule has 11 heavy (non-hydrogen) atoms. The zero-order chi connectivity index (χ0) is 8.36. The Hall–Kier alpha value is 0.230. The van der Waals surface area contributed by atoms with E-state index in [4.69, 9.17) is 5.11 Å². The minimum absolute atomic E-state index is 0.129. The molecular formula is C9H16OTe. The first kappa shape index (κ1) is 11.2. The summed E-state index contributed by atoms with van der Waals surface area (Å²) in [7, 11) is 0. The average molecular weight is 268 g/mol. The molecule has 0 aliphatic heterocycles. The molecule has 0 fully saturated rings. The third-order valence-electron chi connectivity index (χ3n) is 1.14. The van der Waals surface area contributed by atoms with Gasteiger partial charge in [0.1, 0.15) is 0 Å². The average Bonchev–Trinajstić information content (AvgIpc) is 2.03. The second-order valence-electron chi connectivity index (χ2n) is 2.16. The first-order valence-corrected chi connectivity index (χ1v) is 6.95. The number of rotatable bonds is 6. The molecule has 0 bridgehead atoms. The van der Waals surface area contributed by atoms with Crippen molar-refractivity contribution in [3.05, 3.63) is 22.4 Å². The molecule has 0 heterocycles. The molecule has 2 heteroatoms. The van der Waals surface area contributed by atoms with Crippen molar-refractivity contribution in [1.29, 1.82) is 0 Å².